The number of thiophene rings is 1. The van der Waals surface area contributed by atoms with Gasteiger partial charge in [0, 0.05) is 11.9 Å². The van der Waals surface area contributed by atoms with Crippen molar-refractivity contribution in [3.63, 3.8) is 0 Å². The van der Waals surface area contributed by atoms with E-state index in [0.717, 1.165) is 22.8 Å². The van der Waals surface area contributed by atoms with Crippen LogP contribution in [-0.2, 0) is 12.8 Å². The van der Waals surface area contributed by atoms with Crippen LogP contribution in [-0.4, -0.2) is 31.8 Å². The number of nitrogens with zero attached hydrogens (tertiary/aromatic N) is 6. The minimum atomic E-state index is 0.196. The number of fused-ring (bicyclic) bond motifs is 3. The lowest BCUT2D eigenvalue weighted by Gasteiger charge is -2.27. The van der Waals surface area contributed by atoms with Crippen molar-refractivity contribution in [2.75, 3.05) is 11.9 Å². The van der Waals surface area contributed by atoms with Crippen molar-refractivity contribution in [3.8, 4) is 5.69 Å². The lowest BCUT2D eigenvalue weighted by molar-refractivity contribution is 0.698. The zero-order valence-corrected chi connectivity index (χ0v) is 16.9. The molecule has 5 rings (SSSR count). The molecular weight excluding hydrogens is 368 g/mol. The van der Waals surface area contributed by atoms with Crippen LogP contribution in [0.1, 0.15) is 41.8 Å². The van der Waals surface area contributed by atoms with Gasteiger partial charge in [-0.25, -0.2) is 19.6 Å². The number of hydrogen-bond donors (Lipinski definition) is 0. The Morgan fingerprint density at radius 3 is 2.68 bits per heavy atom. The summed E-state index contributed by atoms with van der Waals surface area (Å²) in [6.07, 6.45) is 9.83. The number of rotatable bonds is 4. The van der Waals surface area contributed by atoms with E-state index in [9.17, 15) is 0 Å². The summed E-state index contributed by atoms with van der Waals surface area (Å²) in [7, 11) is 2.13. The van der Waals surface area contributed by atoms with Gasteiger partial charge in [-0.15, -0.1) is 11.3 Å². The summed E-state index contributed by atoms with van der Waals surface area (Å²) in [4.78, 5) is 18.2. The molecule has 1 aromatic carbocycles. The molecule has 0 N–H and O–H groups in total. The zero-order valence-electron chi connectivity index (χ0n) is 16.0. The van der Waals surface area contributed by atoms with Crippen LogP contribution >= 0.6 is 11.3 Å². The number of benzene rings is 1. The van der Waals surface area contributed by atoms with Gasteiger partial charge in [0.05, 0.1) is 17.1 Å². The van der Waals surface area contributed by atoms with Gasteiger partial charge in [0.15, 0.2) is 0 Å². The van der Waals surface area contributed by atoms with E-state index in [1.165, 1.54) is 40.7 Å². The predicted molar refractivity (Wildman–Crippen MR) is 112 cm³/mol. The minimum Gasteiger partial charge on any atom is -0.352 e. The quantitative estimate of drug-likeness (QED) is 0.518. The molecule has 28 heavy (non-hydrogen) atoms. The van der Waals surface area contributed by atoms with Gasteiger partial charge in [-0.05, 0) is 55.9 Å². The van der Waals surface area contributed by atoms with Gasteiger partial charge in [-0.1, -0.05) is 12.1 Å². The molecule has 6 nitrogen and oxygen atoms in total. The van der Waals surface area contributed by atoms with Crippen molar-refractivity contribution in [1.82, 2.24) is 24.7 Å². The summed E-state index contributed by atoms with van der Waals surface area (Å²) in [5.41, 5.74) is 3.72. The molecule has 0 amide bonds. The van der Waals surface area contributed by atoms with Crippen molar-refractivity contribution in [1.29, 1.82) is 0 Å². The Morgan fingerprint density at radius 2 is 1.89 bits per heavy atom. The number of aryl methyl sites for hydroxylation is 2. The third kappa shape index (κ3) is 2.86. The van der Waals surface area contributed by atoms with E-state index in [-0.39, 0.29) is 6.04 Å². The Morgan fingerprint density at radius 1 is 1.07 bits per heavy atom. The molecule has 0 fully saturated rings. The first-order chi connectivity index (χ1) is 13.7. The van der Waals surface area contributed by atoms with E-state index in [1.54, 1.807) is 23.7 Å². The molecule has 7 heteroatoms. The van der Waals surface area contributed by atoms with Crippen molar-refractivity contribution in [2.45, 2.75) is 38.6 Å². The summed E-state index contributed by atoms with van der Waals surface area (Å²) in [5, 5.41) is 5.45. The Labute approximate surface area is 167 Å². The zero-order chi connectivity index (χ0) is 19.1. The average Bonchev–Trinajstić information content (AvgIpc) is 3.40. The maximum absolute atomic E-state index is 4.69. The number of hydrogen-bond acceptors (Lipinski definition) is 6. The van der Waals surface area contributed by atoms with Crippen LogP contribution in [0.5, 0.6) is 0 Å². The van der Waals surface area contributed by atoms with Crippen LogP contribution in [0.4, 0.5) is 5.82 Å². The van der Waals surface area contributed by atoms with E-state index in [0.29, 0.717) is 0 Å². The second kappa shape index (κ2) is 6.98. The molecular formula is C21H22N6S. The molecule has 4 aromatic rings. The molecule has 1 aliphatic carbocycles. The second-order valence-electron chi connectivity index (χ2n) is 7.31. The van der Waals surface area contributed by atoms with Crippen LogP contribution in [0.2, 0.25) is 0 Å². The molecule has 0 bridgehead atoms. The summed E-state index contributed by atoms with van der Waals surface area (Å²) in [6, 6.07) is 8.66. The lowest BCUT2D eigenvalue weighted by Crippen LogP contribution is -2.23. The normalized spacial score (nSPS) is 14.8. The van der Waals surface area contributed by atoms with E-state index in [1.807, 2.05) is 11.3 Å². The monoisotopic (exact) mass is 390 g/mol. The number of aromatic nitrogens is 5. The molecule has 3 heterocycles. The highest BCUT2D eigenvalue weighted by Crippen LogP contribution is 2.40. The smallest absolute Gasteiger partial charge is 0.141 e. The molecule has 0 saturated carbocycles. The Kier molecular flexibility index (Phi) is 4.31. The fraction of sp³-hybridized carbons (Fsp3) is 0.333. The van der Waals surface area contributed by atoms with Gasteiger partial charge in [0.2, 0.25) is 0 Å². The molecule has 0 saturated heterocycles. The predicted octanol–water partition coefficient (Wildman–Crippen LogP) is 4.35. The van der Waals surface area contributed by atoms with E-state index >= 15 is 0 Å². The Bertz CT molecular complexity index is 1100. The molecule has 1 aliphatic rings. The third-order valence-electron chi connectivity index (χ3n) is 5.71. The van der Waals surface area contributed by atoms with Crippen LogP contribution < -0.4 is 4.90 Å². The first kappa shape index (κ1) is 17.3. The fourth-order valence-corrected chi connectivity index (χ4v) is 5.22. The lowest BCUT2D eigenvalue weighted by atomic mass is 9.96. The van der Waals surface area contributed by atoms with Gasteiger partial charge in [-0.3, -0.25) is 0 Å². The summed E-state index contributed by atoms with van der Waals surface area (Å²) < 4.78 is 1.77. The summed E-state index contributed by atoms with van der Waals surface area (Å²) in [5.74, 6) is 1.04. The van der Waals surface area contributed by atoms with E-state index in [4.69, 9.17) is 4.98 Å². The molecule has 0 unspecified atom stereocenters. The molecule has 0 spiro atoms. The van der Waals surface area contributed by atoms with Gasteiger partial charge in [0.25, 0.3) is 0 Å². The van der Waals surface area contributed by atoms with Crippen molar-refractivity contribution in [2.24, 2.45) is 0 Å². The first-order valence-corrected chi connectivity index (χ1v) is 10.5. The average molecular weight is 391 g/mol. The highest BCUT2D eigenvalue weighted by molar-refractivity contribution is 7.19. The van der Waals surface area contributed by atoms with Gasteiger partial charge < -0.3 is 4.90 Å². The van der Waals surface area contributed by atoms with Gasteiger partial charge in [-0.2, -0.15) is 5.10 Å². The maximum Gasteiger partial charge on any atom is 0.141 e. The van der Waals surface area contributed by atoms with Crippen molar-refractivity contribution < 1.29 is 0 Å². The molecule has 1 atom stereocenters. The standard InChI is InChI=1S/C21H22N6S/c1-14(15-7-9-16(10-8-15)27-13-22-11-25-27)26(2)20-19-17-5-3-4-6-18(17)28-21(19)24-12-23-20/h7-14H,3-6H2,1-2H3/t14-/m1/s1. The highest BCUT2D eigenvalue weighted by Gasteiger charge is 2.23. The largest absolute Gasteiger partial charge is 0.352 e. The van der Waals surface area contributed by atoms with Crippen LogP contribution in [0.25, 0.3) is 15.9 Å². The number of anilines is 1. The summed E-state index contributed by atoms with van der Waals surface area (Å²) in [6.45, 7) is 2.22. The van der Waals surface area contributed by atoms with Crippen LogP contribution in [0.15, 0.2) is 43.2 Å². The maximum atomic E-state index is 4.69. The Balaban J connectivity index is 1.49. The fourth-order valence-electron chi connectivity index (χ4n) is 4.00. The van der Waals surface area contributed by atoms with Gasteiger partial charge in [0.1, 0.15) is 29.6 Å². The first-order valence-electron chi connectivity index (χ1n) is 9.65. The molecule has 3 aromatic heterocycles. The molecule has 142 valence electrons. The third-order valence-corrected chi connectivity index (χ3v) is 6.90. The Hall–Kier alpha value is -2.80. The van der Waals surface area contributed by atoms with Crippen molar-refractivity contribution >= 4 is 27.4 Å². The van der Waals surface area contributed by atoms with Crippen LogP contribution in [0.3, 0.4) is 0 Å². The van der Waals surface area contributed by atoms with Crippen LogP contribution in [0, 0.1) is 0 Å². The molecule has 0 aliphatic heterocycles. The topological polar surface area (TPSA) is 59.7 Å². The SMILES string of the molecule is C[C@H](c1ccc(-n2cncn2)cc1)N(C)c1ncnc2sc3c(c12)CCCC3. The summed E-state index contributed by atoms with van der Waals surface area (Å²) >= 11 is 1.85. The van der Waals surface area contributed by atoms with Crippen molar-refractivity contribution in [3.05, 3.63) is 59.3 Å². The van der Waals surface area contributed by atoms with E-state index in [2.05, 4.69) is 58.2 Å². The van der Waals surface area contributed by atoms with Gasteiger partial charge >= 0.3 is 0 Å². The molecule has 0 radical (unpaired) electrons. The highest BCUT2D eigenvalue weighted by atomic mass is 32.1. The van der Waals surface area contributed by atoms with E-state index < -0.39 is 0 Å². The minimum absolute atomic E-state index is 0.196. The second-order valence-corrected chi connectivity index (χ2v) is 8.39.